The van der Waals surface area contributed by atoms with Gasteiger partial charge in [-0.15, -0.1) is 0 Å². The summed E-state index contributed by atoms with van der Waals surface area (Å²) in [5.41, 5.74) is 2.17. The number of nitrogens with zero attached hydrogens (tertiary/aromatic N) is 3. The lowest BCUT2D eigenvalue weighted by atomic mass is 10.1. The van der Waals surface area contributed by atoms with Crippen LogP contribution in [-0.2, 0) is 23.0 Å². The number of amides is 1. The van der Waals surface area contributed by atoms with Gasteiger partial charge in [0.1, 0.15) is 0 Å². The number of carbonyl (C=O) groups is 1. The maximum Gasteiger partial charge on any atom is 0.227 e. The van der Waals surface area contributed by atoms with E-state index in [1.54, 1.807) is 4.90 Å². The summed E-state index contributed by atoms with van der Waals surface area (Å²) in [6.45, 7) is 5.16. The van der Waals surface area contributed by atoms with Crippen molar-refractivity contribution in [2.24, 2.45) is 7.05 Å². The highest BCUT2D eigenvalue weighted by atomic mass is 16.5. The summed E-state index contributed by atoms with van der Waals surface area (Å²) in [6, 6.07) is 8.13. The quantitative estimate of drug-likeness (QED) is 0.809. The SMILES string of the molecule is Cn1cc(CC(=O)N(CCO)CCN2CCOCC2)c2ccccc21. The standard InChI is InChI=1S/C19H27N3O3/c1-20-15-16(17-4-2-3-5-18(17)20)14-19(24)22(8-11-23)7-6-21-9-12-25-13-10-21/h2-5,15,23H,6-14H2,1H3. The summed E-state index contributed by atoms with van der Waals surface area (Å²) < 4.78 is 7.42. The van der Waals surface area contributed by atoms with Crippen LogP contribution in [-0.4, -0.2) is 77.9 Å². The Kier molecular flexibility index (Phi) is 6.07. The molecule has 0 saturated carbocycles. The molecule has 136 valence electrons. The molecule has 1 aromatic carbocycles. The predicted octanol–water partition coefficient (Wildman–Crippen LogP) is 0.874. The highest BCUT2D eigenvalue weighted by Gasteiger charge is 2.18. The number of aryl methyl sites for hydroxylation is 1. The second-order valence-electron chi connectivity index (χ2n) is 6.52. The van der Waals surface area contributed by atoms with Crippen LogP contribution in [0.1, 0.15) is 5.56 Å². The van der Waals surface area contributed by atoms with Crippen molar-refractivity contribution in [3.05, 3.63) is 36.0 Å². The van der Waals surface area contributed by atoms with Crippen LogP contribution in [0.2, 0.25) is 0 Å². The predicted molar refractivity (Wildman–Crippen MR) is 97.5 cm³/mol. The summed E-state index contributed by atoms with van der Waals surface area (Å²) in [5.74, 6) is 0.0682. The summed E-state index contributed by atoms with van der Waals surface area (Å²) in [5, 5.41) is 10.5. The number of ether oxygens (including phenoxy) is 1. The zero-order chi connectivity index (χ0) is 17.6. The molecule has 1 amide bonds. The zero-order valence-corrected chi connectivity index (χ0v) is 14.9. The molecule has 2 aromatic rings. The Labute approximate surface area is 148 Å². The van der Waals surface area contributed by atoms with E-state index in [1.807, 2.05) is 25.4 Å². The lowest BCUT2D eigenvalue weighted by molar-refractivity contribution is -0.131. The minimum absolute atomic E-state index is 0.00954. The van der Waals surface area contributed by atoms with Crippen molar-refractivity contribution in [3.63, 3.8) is 0 Å². The van der Waals surface area contributed by atoms with Crippen molar-refractivity contribution in [2.45, 2.75) is 6.42 Å². The number of benzene rings is 1. The first kappa shape index (κ1) is 17.9. The zero-order valence-electron chi connectivity index (χ0n) is 14.9. The van der Waals surface area contributed by atoms with Gasteiger partial charge in [-0.25, -0.2) is 0 Å². The number of morpholine rings is 1. The summed E-state index contributed by atoms with van der Waals surface area (Å²) >= 11 is 0. The number of fused-ring (bicyclic) bond motifs is 1. The average Bonchev–Trinajstić information content (AvgIpc) is 2.95. The second kappa shape index (κ2) is 8.47. The molecule has 0 bridgehead atoms. The van der Waals surface area contributed by atoms with Gasteiger partial charge in [-0.3, -0.25) is 9.69 Å². The summed E-state index contributed by atoms with van der Waals surface area (Å²) in [6.07, 6.45) is 2.39. The first-order valence-electron chi connectivity index (χ1n) is 8.90. The van der Waals surface area contributed by atoms with E-state index in [9.17, 15) is 9.90 Å². The van der Waals surface area contributed by atoms with Crippen LogP contribution in [0.25, 0.3) is 10.9 Å². The van der Waals surface area contributed by atoms with Gasteiger partial charge in [-0.05, 0) is 11.6 Å². The molecular formula is C19H27N3O3. The maximum atomic E-state index is 12.8. The van der Waals surface area contributed by atoms with Crippen molar-refractivity contribution in [1.82, 2.24) is 14.4 Å². The molecule has 3 rings (SSSR count). The molecule has 1 aliphatic heterocycles. The van der Waals surface area contributed by atoms with Gasteiger partial charge in [0, 0.05) is 56.9 Å². The lowest BCUT2D eigenvalue weighted by Gasteiger charge is -2.30. The van der Waals surface area contributed by atoms with Crippen molar-refractivity contribution < 1.29 is 14.6 Å². The molecule has 1 fully saturated rings. The van der Waals surface area contributed by atoms with Crippen LogP contribution in [0.4, 0.5) is 0 Å². The third-order valence-corrected chi connectivity index (χ3v) is 4.83. The van der Waals surface area contributed by atoms with Gasteiger partial charge in [0.25, 0.3) is 0 Å². The van der Waals surface area contributed by atoms with Crippen molar-refractivity contribution in [2.75, 3.05) is 52.5 Å². The molecule has 6 nitrogen and oxygen atoms in total. The molecule has 6 heteroatoms. The number of hydrogen-bond donors (Lipinski definition) is 1. The molecule has 0 unspecified atom stereocenters. The smallest absolute Gasteiger partial charge is 0.227 e. The fraction of sp³-hybridized carbons (Fsp3) is 0.526. The van der Waals surface area contributed by atoms with E-state index in [-0.39, 0.29) is 12.5 Å². The van der Waals surface area contributed by atoms with Crippen LogP contribution < -0.4 is 0 Å². The summed E-state index contributed by atoms with van der Waals surface area (Å²) in [4.78, 5) is 16.9. The highest BCUT2D eigenvalue weighted by Crippen LogP contribution is 2.21. The van der Waals surface area contributed by atoms with E-state index in [0.717, 1.165) is 49.3 Å². The molecule has 0 spiro atoms. The number of carbonyl (C=O) groups excluding carboxylic acids is 1. The van der Waals surface area contributed by atoms with Crippen molar-refractivity contribution >= 4 is 16.8 Å². The lowest BCUT2D eigenvalue weighted by Crippen LogP contribution is -2.44. The number of rotatable bonds is 7. The Morgan fingerprint density at radius 2 is 2.00 bits per heavy atom. The van der Waals surface area contributed by atoms with Crippen LogP contribution in [0.5, 0.6) is 0 Å². The summed E-state index contributed by atoms with van der Waals surface area (Å²) in [7, 11) is 2.00. The number of para-hydroxylation sites is 1. The molecule has 0 radical (unpaired) electrons. The van der Waals surface area contributed by atoms with Gasteiger partial charge < -0.3 is 19.3 Å². The number of aromatic nitrogens is 1. The normalized spacial score (nSPS) is 15.6. The average molecular weight is 345 g/mol. The largest absolute Gasteiger partial charge is 0.395 e. The molecular weight excluding hydrogens is 318 g/mol. The Balaban J connectivity index is 1.65. The van der Waals surface area contributed by atoms with Gasteiger partial charge in [0.2, 0.25) is 5.91 Å². The third kappa shape index (κ3) is 4.39. The van der Waals surface area contributed by atoms with E-state index < -0.39 is 0 Å². The van der Waals surface area contributed by atoms with Crippen LogP contribution in [0.3, 0.4) is 0 Å². The van der Waals surface area contributed by atoms with Crippen molar-refractivity contribution in [3.8, 4) is 0 Å². The molecule has 1 N–H and O–H groups in total. The van der Waals surface area contributed by atoms with Gasteiger partial charge >= 0.3 is 0 Å². The Bertz CT molecular complexity index is 707. The van der Waals surface area contributed by atoms with E-state index >= 15 is 0 Å². The molecule has 0 aliphatic carbocycles. The highest BCUT2D eigenvalue weighted by molar-refractivity contribution is 5.89. The minimum atomic E-state index is -0.00954. The Hall–Kier alpha value is -1.89. The topological polar surface area (TPSA) is 57.9 Å². The Morgan fingerprint density at radius 1 is 1.24 bits per heavy atom. The maximum absolute atomic E-state index is 12.8. The molecule has 1 aliphatic rings. The first-order valence-corrected chi connectivity index (χ1v) is 8.90. The number of aliphatic hydroxyl groups excluding tert-OH is 1. The van der Waals surface area contributed by atoms with E-state index in [4.69, 9.17) is 4.74 Å². The first-order chi connectivity index (χ1) is 12.2. The molecule has 1 aromatic heterocycles. The van der Waals surface area contributed by atoms with Crippen LogP contribution in [0, 0.1) is 0 Å². The van der Waals surface area contributed by atoms with Crippen LogP contribution in [0.15, 0.2) is 30.5 Å². The molecule has 1 saturated heterocycles. The van der Waals surface area contributed by atoms with E-state index in [2.05, 4.69) is 21.6 Å². The minimum Gasteiger partial charge on any atom is -0.395 e. The molecule has 2 heterocycles. The van der Waals surface area contributed by atoms with Gasteiger partial charge in [0.05, 0.1) is 26.2 Å². The second-order valence-corrected chi connectivity index (χ2v) is 6.52. The fourth-order valence-corrected chi connectivity index (χ4v) is 3.41. The third-order valence-electron chi connectivity index (χ3n) is 4.83. The number of aliphatic hydroxyl groups is 1. The fourth-order valence-electron chi connectivity index (χ4n) is 3.41. The van der Waals surface area contributed by atoms with Gasteiger partial charge in [-0.2, -0.15) is 0 Å². The molecule has 25 heavy (non-hydrogen) atoms. The number of hydrogen-bond acceptors (Lipinski definition) is 4. The van der Waals surface area contributed by atoms with E-state index in [1.165, 1.54) is 0 Å². The Morgan fingerprint density at radius 3 is 2.76 bits per heavy atom. The van der Waals surface area contributed by atoms with Crippen LogP contribution >= 0.6 is 0 Å². The van der Waals surface area contributed by atoms with Gasteiger partial charge in [-0.1, -0.05) is 18.2 Å². The monoisotopic (exact) mass is 345 g/mol. The van der Waals surface area contributed by atoms with E-state index in [0.29, 0.717) is 19.5 Å². The van der Waals surface area contributed by atoms with Crippen molar-refractivity contribution in [1.29, 1.82) is 0 Å². The molecule has 0 atom stereocenters. The van der Waals surface area contributed by atoms with Gasteiger partial charge in [0.15, 0.2) is 0 Å².